The van der Waals surface area contributed by atoms with E-state index in [0.29, 0.717) is 29.8 Å². The monoisotopic (exact) mass is 760 g/mol. The van der Waals surface area contributed by atoms with Crippen molar-refractivity contribution in [2.45, 2.75) is 6.54 Å². The Morgan fingerprint density at radius 1 is 0.559 bits per heavy atom. The molecule has 7 nitrogen and oxygen atoms in total. The van der Waals surface area contributed by atoms with Crippen LogP contribution in [0, 0.1) is 0 Å². The van der Waals surface area contributed by atoms with Gasteiger partial charge in [0.15, 0.2) is 5.58 Å². The quantitative estimate of drug-likeness (QED) is 0.135. The molecule has 0 spiro atoms. The van der Waals surface area contributed by atoms with Crippen LogP contribution in [0.3, 0.4) is 0 Å². The number of benzene rings is 8. The highest BCUT2D eigenvalue weighted by Crippen LogP contribution is 2.42. The molecule has 0 aliphatic heterocycles. The second-order valence-corrected chi connectivity index (χ2v) is 14.6. The lowest BCUT2D eigenvalue weighted by molar-refractivity contribution is 0.623. The van der Waals surface area contributed by atoms with Crippen LogP contribution >= 0.6 is 0 Å². The second kappa shape index (κ2) is 14.2. The Hall–Kier alpha value is -8.03. The Balaban J connectivity index is 1.25. The van der Waals surface area contributed by atoms with Crippen LogP contribution in [0.2, 0.25) is 0 Å². The van der Waals surface area contributed by atoms with E-state index in [1.165, 1.54) is 5.56 Å². The second-order valence-electron chi connectivity index (χ2n) is 14.6. The minimum atomic E-state index is 0.363. The van der Waals surface area contributed by atoms with Crippen LogP contribution in [0.5, 0.6) is 0 Å². The molecule has 0 unspecified atom stereocenters. The average Bonchev–Trinajstić information content (AvgIpc) is 3.99. The van der Waals surface area contributed by atoms with Gasteiger partial charge in [-0.2, -0.15) is 4.99 Å². The standard InChI is InChI=1S/C52H36N6O/c53-50(36-20-9-3-10-21-36)56-52(54-33-34-16-5-1-6-17-34)58-45-31-29-42-49(59-51(55-42)37-22-11-4-12-23-37)47(45)40-25-15-27-46(48(40)58)57-43-26-14-13-24-39(43)41-32-38(28-30-44(41)57)35-18-7-2-8-19-35/h1-32H,33H2,(H2,53,54,56). The van der Waals surface area contributed by atoms with Gasteiger partial charge >= 0.3 is 0 Å². The predicted molar refractivity (Wildman–Crippen MR) is 242 cm³/mol. The number of para-hydroxylation sites is 2. The van der Waals surface area contributed by atoms with Gasteiger partial charge in [0.25, 0.3) is 0 Å². The largest absolute Gasteiger partial charge is 0.435 e. The summed E-state index contributed by atoms with van der Waals surface area (Å²) in [5.41, 5.74) is 18.4. The minimum Gasteiger partial charge on any atom is -0.435 e. The summed E-state index contributed by atoms with van der Waals surface area (Å²) in [6, 6.07) is 66.6. The first-order valence-electron chi connectivity index (χ1n) is 19.7. The summed E-state index contributed by atoms with van der Waals surface area (Å²) in [5, 5.41) is 4.22. The Labute approximate surface area is 339 Å². The van der Waals surface area contributed by atoms with E-state index in [1.807, 2.05) is 84.9 Å². The smallest absolute Gasteiger partial charge is 0.232 e. The van der Waals surface area contributed by atoms with Gasteiger partial charge in [-0.05, 0) is 65.2 Å². The number of amidine groups is 1. The molecule has 0 aliphatic carbocycles. The van der Waals surface area contributed by atoms with E-state index in [0.717, 1.165) is 77.1 Å². The third kappa shape index (κ3) is 5.87. The van der Waals surface area contributed by atoms with E-state index >= 15 is 0 Å². The van der Waals surface area contributed by atoms with Gasteiger partial charge in [-0.15, -0.1) is 0 Å². The third-order valence-corrected chi connectivity index (χ3v) is 11.1. The van der Waals surface area contributed by atoms with Crippen molar-refractivity contribution < 1.29 is 4.42 Å². The fourth-order valence-corrected chi connectivity index (χ4v) is 8.33. The first kappa shape index (κ1) is 34.2. The predicted octanol–water partition coefficient (Wildman–Crippen LogP) is 12.2. The molecule has 2 N–H and O–H groups in total. The molecule has 0 fully saturated rings. The van der Waals surface area contributed by atoms with Crippen LogP contribution in [0.1, 0.15) is 11.1 Å². The molecule has 11 rings (SSSR count). The average molecular weight is 761 g/mol. The van der Waals surface area contributed by atoms with E-state index in [-0.39, 0.29) is 0 Å². The minimum absolute atomic E-state index is 0.363. The van der Waals surface area contributed by atoms with Gasteiger partial charge in [0.05, 0.1) is 39.7 Å². The molecule has 59 heavy (non-hydrogen) atoms. The highest BCUT2D eigenvalue weighted by atomic mass is 16.3. The zero-order valence-electron chi connectivity index (χ0n) is 31.9. The molecular weight excluding hydrogens is 725 g/mol. The lowest BCUT2D eigenvalue weighted by Gasteiger charge is -2.15. The zero-order valence-corrected chi connectivity index (χ0v) is 31.9. The van der Waals surface area contributed by atoms with Crippen LogP contribution in [0.25, 0.3) is 83.0 Å². The van der Waals surface area contributed by atoms with Gasteiger partial charge in [-0.3, -0.25) is 4.57 Å². The topological polar surface area (TPSA) is 86.6 Å². The number of aliphatic imine (C=N–C) groups is 2. The highest BCUT2D eigenvalue weighted by Gasteiger charge is 2.25. The normalized spacial score (nSPS) is 12.4. The number of hydrogen-bond acceptors (Lipinski definition) is 3. The molecule has 0 saturated carbocycles. The van der Waals surface area contributed by atoms with Gasteiger partial charge < -0.3 is 14.7 Å². The van der Waals surface area contributed by atoms with Crippen LogP contribution in [0.15, 0.2) is 209 Å². The van der Waals surface area contributed by atoms with E-state index in [4.69, 9.17) is 25.1 Å². The lowest BCUT2D eigenvalue weighted by Crippen LogP contribution is -2.20. The number of nitrogens with zero attached hydrogens (tertiary/aromatic N) is 5. The molecule has 3 heterocycles. The van der Waals surface area contributed by atoms with Crippen LogP contribution in [-0.4, -0.2) is 25.9 Å². The van der Waals surface area contributed by atoms with Gasteiger partial charge in [0.1, 0.15) is 11.4 Å². The van der Waals surface area contributed by atoms with Crippen molar-refractivity contribution in [3.8, 4) is 28.3 Å². The maximum absolute atomic E-state index is 6.88. The van der Waals surface area contributed by atoms with Gasteiger partial charge in [0, 0.05) is 27.3 Å². The van der Waals surface area contributed by atoms with E-state index < -0.39 is 0 Å². The molecule has 3 aromatic heterocycles. The molecule has 11 aromatic rings. The summed E-state index contributed by atoms with van der Waals surface area (Å²) in [5.74, 6) is 1.38. The van der Waals surface area contributed by atoms with E-state index in [2.05, 4.69) is 118 Å². The number of rotatable bonds is 6. The van der Waals surface area contributed by atoms with Crippen LogP contribution in [0.4, 0.5) is 0 Å². The van der Waals surface area contributed by atoms with Crippen LogP contribution < -0.4 is 5.73 Å². The molecular formula is C52H36N6O. The summed E-state index contributed by atoms with van der Waals surface area (Å²) >= 11 is 0. The third-order valence-electron chi connectivity index (χ3n) is 11.1. The van der Waals surface area contributed by atoms with Crippen molar-refractivity contribution in [2.75, 3.05) is 0 Å². The first-order chi connectivity index (χ1) is 29.2. The first-order valence-corrected chi connectivity index (χ1v) is 19.7. The molecule has 280 valence electrons. The lowest BCUT2D eigenvalue weighted by atomic mass is 10.0. The Kier molecular flexibility index (Phi) is 8.22. The van der Waals surface area contributed by atoms with Gasteiger partial charge in [0.2, 0.25) is 11.9 Å². The number of aromatic nitrogens is 3. The van der Waals surface area contributed by atoms with Crippen LogP contribution in [-0.2, 0) is 6.54 Å². The maximum Gasteiger partial charge on any atom is 0.232 e. The molecule has 8 aromatic carbocycles. The highest BCUT2D eigenvalue weighted by molar-refractivity contribution is 6.25. The molecule has 0 aliphatic rings. The Morgan fingerprint density at radius 2 is 1.20 bits per heavy atom. The van der Waals surface area contributed by atoms with Gasteiger partial charge in [-0.1, -0.05) is 146 Å². The summed E-state index contributed by atoms with van der Waals surface area (Å²) in [4.78, 5) is 15.5. The molecule has 0 atom stereocenters. The number of oxazole rings is 1. The van der Waals surface area contributed by atoms with Crippen molar-refractivity contribution in [1.82, 2.24) is 14.1 Å². The molecule has 0 radical (unpaired) electrons. The number of nitrogens with two attached hydrogens (primary N) is 1. The summed E-state index contributed by atoms with van der Waals surface area (Å²) < 4.78 is 11.3. The van der Waals surface area contributed by atoms with Crippen molar-refractivity contribution in [2.24, 2.45) is 15.7 Å². The van der Waals surface area contributed by atoms with E-state index in [9.17, 15) is 0 Å². The molecule has 7 heteroatoms. The summed E-state index contributed by atoms with van der Waals surface area (Å²) in [6.45, 7) is 0.394. The molecule has 0 amide bonds. The fraction of sp³-hybridized carbons (Fsp3) is 0.0192. The van der Waals surface area contributed by atoms with Gasteiger partial charge in [-0.25, -0.2) is 9.98 Å². The fourth-order valence-electron chi connectivity index (χ4n) is 8.33. The number of hydrogen-bond donors (Lipinski definition) is 1. The van der Waals surface area contributed by atoms with Crippen molar-refractivity contribution >= 4 is 66.5 Å². The van der Waals surface area contributed by atoms with Crippen molar-refractivity contribution in [3.05, 3.63) is 205 Å². The molecule has 0 saturated heterocycles. The number of fused-ring (bicyclic) bond motifs is 8. The van der Waals surface area contributed by atoms with E-state index in [1.54, 1.807) is 0 Å². The Bertz CT molecular complexity index is 3400. The van der Waals surface area contributed by atoms with Crippen molar-refractivity contribution in [3.63, 3.8) is 0 Å². The summed E-state index contributed by atoms with van der Waals surface area (Å²) in [7, 11) is 0. The summed E-state index contributed by atoms with van der Waals surface area (Å²) in [6.07, 6.45) is 0. The maximum atomic E-state index is 6.88. The zero-order chi connectivity index (χ0) is 39.3. The SMILES string of the molecule is N/C(=N\C(=NCc1ccccc1)n1c2ccc3nc(-c4ccccc4)oc3c2c2cccc(-n3c4ccccc4c4cc(-c5ccccc5)ccc43)c21)c1ccccc1. The Morgan fingerprint density at radius 3 is 1.98 bits per heavy atom. The molecule has 0 bridgehead atoms. The van der Waals surface area contributed by atoms with Crippen molar-refractivity contribution in [1.29, 1.82) is 0 Å².